The standard InChI is InChI=1S/C11H17NO/c1-11(2-3-11)12-10(13)9-5-7-4-8(7)6-9/h7-9H,2-6H2,1H3,(H,12,13). The zero-order chi connectivity index (χ0) is 9.05. The lowest BCUT2D eigenvalue weighted by molar-refractivity contribution is -0.125. The molecular formula is C11H17NO. The van der Waals surface area contributed by atoms with Gasteiger partial charge in [-0.05, 0) is 50.9 Å². The molecular weight excluding hydrogens is 162 g/mol. The highest BCUT2D eigenvalue weighted by Crippen LogP contribution is 2.54. The Balaban J connectivity index is 1.56. The molecule has 0 bridgehead atoms. The minimum atomic E-state index is 0.184. The Bertz CT molecular complexity index is 247. The number of hydrogen-bond acceptors (Lipinski definition) is 1. The van der Waals surface area contributed by atoms with Crippen LogP contribution in [-0.4, -0.2) is 11.4 Å². The molecule has 0 aliphatic heterocycles. The van der Waals surface area contributed by atoms with Gasteiger partial charge in [0.15, 0.2) is 0 Å². The Hall–Kier alpha value is -0.530. The monoisotopic (exact) mass is 179 g/mol. The number of amides is 1. The van der Waals surface area contributed by atoms with Gasteiger partial charge in [-0.3, -0.25) is 4.79 Å². The van der Waals surface area contributed by atoms with E-state index in [4.69, 9.17) is 0 Å². The predicted molar refractivity (Wildman–Crippen MR) is 50.1 cm³/mol. The Morgan fingerprint density at radius 2 is 1.85 bits per heavy atom. The molecule has 0 aromatic heterocycles. The summed E-state index contributed by atoms with van der Waals surface area (Å²) in [6.07, 6.45) is 6.11. The second kappa shape index (κ2) is 2.28. The molecule has 0 aromatic rings. The van der Waals surface area contributed by atoms with E-state index in [2.05, 4.69) is 12.2 Å². The molecule has 2 atom stereocenters. The molecule has 0 aromatic carbocycles. The minimum absolute atomic E-state index is 0.184. The minimum Gasteiger partial charge on any atom is -0.351 e. The molecule has 72 valence electrons. The van der Waals surface area contributed by atoms with Crippen LogP contribution in [0.3, 0.4) is 0 Å². The van der Waals surface area contributed by atoms with Gasteiger partial charge in [-0.1, -0.05) is 0 Å². The fraction of sp³-hybridized carbons (Fsp3) is 0.909. The summed E-state index contributed by atoms with van der Waals surface area (Å²) in [6.45, 7) is 2.15. The molecule has 3 aliphatic rings. The summed E-state index contributed by atoms with van der Waals surface area (Å²) in [5.41, 5.74) is 0.184. The maximum atomic E-state index is 11.8. The molecule has 0 radical (unpaired) electrons. The normalized spacial score (nSPS) is 43.9. The number of nitrogens with one attached hydrogen (secondary N) is 1. The van der Waals surface area contributed by atoms with E-state index in [0.29, 0.717) is 11.8 Å². The molecule has 0 spiro atoms. The summed E-state index contributed by atoms with van der Waals surface area (Å²) in [5, 5.41) is 3.17. The van der Waals surface area contributed by atoms with Gasteiger partial charge in [-0.2, -0.15) is 0 Å². The molecule has 2 unspecified atom stereocenters. The van der Waals surface area contributed by atoms with Crippen LogP contribution < -0.4 is 5.32 Å². The topological polar surface area (TPSA) is 29.1 Å². The maximum Gasteiger partial charge on any atom is 0.223 e. The molecule has 0 heterocycles. The molecule has 2 heteroatoms. The highest BCUT2D eigenvalue weighted by Gasteiger charge is 2.49. The molecule has 1 N–H and O–H groups in total. The first-order valence-electron chi connectivity index (χ1n) is 5.48. The summed E-state index contributed by atoms with van der Waals surface area (Å²) in [4.78, 5) is 11.8. The van der Waals surface area contributed by atoms with Crippen LogP contribution in [0.1, 0.15) is 39.0 Å². The maximum absolute atomic E-state index is 11.8. The summed E-state index contributed by atoms with van der Waals surface area (Å²) in [7, 11) is 0. The number of rotatable bonds is 2. The second-order valence-electron chi connectivity index (χ2n) is 5.47. The van der Waals surface area contributed by atoms with Crippen LogP contribution in [0.5, 0.6) is 0 Å². The fourth-order valence-electron chi connectivity index (χ4n) is 2.64. The van der Waals surface area contributed by atoms with Crippen molar-refractivity contribution in [1.82, 2.24) is 5.32 Å². The Morgan fingerprint density at radius 3 is 2.38 bits per heavy atom. The van der Waals surface area contributed by atoms with Crippen LogP contribution in [-0.2, 0) is 4.79 Å². The van der Waals surface area contributed by atoms with Gasteiger partial charge >= 0.3 is 0 Å². The first-order valence-corrected chi connectivity index (χ1v) is 5.48. The summed E-state index contributed by atoms with van der Waals surface area (Å²) < 4.78 is 0. The number of fused-ring (bicyclic) bond motifs is 1. The third-order valence-electron chi connectivity index (χ3n) is 4.04. The quantitative estimate of drug-likeness (QED) is 0.687. The largest absolute Gasteiger partial charge is 0.351 e. The lowest BCUT2D eigenvalue weighted by Crippen LogP contribution is -2.38. The van der Waals surface area contributed by atoms with Crippen LogP contribution in [0.25, 0.3) is 0 Å². The van der Waals surface area contributed by atoms with E-state index in [0.717, 1.165) is 11.8 Å². The van der Waals surface area contributed by atoms with Crippen LogP contribution in [0.2, 0.25) is 0 Å². The lowest BCUT2D eigenvalue weighted by Gasteiger charge is -2.16. The predicted octanol–water partition coefficient (Wildman–Crippen LogP) is 1.70. The molecule has 0 saturated heterocycles. The third-order valence-corrected chi connectivity index (χ3v) is 4.04. The highest BCUT2D eigenvalue weighted by atomic mass is 16.2. The van der Waals surface area contributed by atoms with Gasteiger partial charge in [0.05, 0.1) is 0 Å². The summed E-state index contributed by atoms with van der Waals surface area (Å²) in [5.74, 6) is 2.54. The lowest BCUT2D eigenvalue weighted by atomic mass is 10.0. The molecule has 2 nitrogen and oxygen atoms in total. The molecule has 3 fully saturated rings. The van der Waals surface area contributed by atoms with Crippen molar-refractivity contribution < 1.29 is 4.79 Å². The summed E-state index contributed by atoms with van der Waals surface area (Å²) >= 11 is 0. The van der Waals surface area contributed by atoms with Gasteiger partial charge in [0.1, 0.15) is 0 Å². The van der Waals surface area contributed by atoms with Crippen molar-refractivity contribution in [2.45, 2.75) is 44.6 Å². The Morgan fingerprint density at radius 1 is 1.23 bits per heavy atom. The average molecular weight is 179 g/mol. The van der Waals surface area contributed by atoms with Gasteiger partial charge < -0.3 is 5.32 Å². The van der Waals surface area contributed by atoms with Crippen molar-refractivity contribution in [1.29, 1.82) is 0 Å². The van der Waals surface area contributed by atoms with Crippen molar-refractivity contribution in [3.05, 3.63) is 0 Å². The highest BCUT2D eigenvalue weighted by molar-refractivity contribution is 5.80. The molecule has 1 amide bonds. The zero-order valence-electron chi connectivity index (χ0n) is 8.18. The van der Waals surface area contributed by atoms with Crippen molar-refractivity contribution in [2.24, 2.45) is 17.8 Å². The molecule has 13 heavy (non-hydrogen) atoms. The van der Waals surface area contributed by atoms with Gasteiger partial charge in [-0.15, -0.1) is 0 Å². The van der Waals surface area contributed by atoms with Crippen LogP contribution >= 0.6 is 0 Å². The molecule has 3 saturated carbocycles. The Kier molecular flexibility index (Phi) is 1.38. The number of carbonyl (C=O) groups excluding carboxylic acids is 1. The van der Waals surface area contributed by atoms with E-state index in [9.17, 15) is 4.79 Å². The van der Waals surface area contributed by atoms with Crippen molar-refractivity contribution in [3.8, 4) is 0 Å². The van der Waals surface area contributed by atoms with Crippen LogP contribution in [0, 0.1) is 17.8 Å². The van der Waals surface area contributed by atoms with Gasteiger partial charge in [0.25, 0.3) is 0 Å². The number of carbonyl (C=O) groups is 1. The van der Waals surface area contributed by atoms with E-state index in [1.165, 1.54) is 32.1 Å². The van der Waals surface area contributed by atoms with Crippen LogP contribution in [0.4, 0.5) is 0 Å². The third kappa shape index (κ3) is 1.36. The summed E-state index contributed by atoms with van der Waals surface area (Å²) in [6, 6.07) is 0. The van der Waals surface area contributed by atoms with Crippen molar-refractivity contribution in [2.75, 3.05) is 0 Å². The first-order chi connectivity index (χ1) is 6.16. The Labute approximate surface area is 79.1 Å². The van der Waals surface area contributed by atoms with Crippen molar-refractivity contribution in [3.63, 3.8) is 0 Å². The van der Waals surface area contributed by atoms with E-state index >= 15 is 0 Å². The van der Waals surface area contributed by atoms with Crippen LogP contribution in [0.15, 0.2) is 0 Å². The molecule has 3 aliphatic carbocycles. The average Bonchev–Trinajstić information content (AvgIpc) is 2.95. The van der Waals surface area contributed by atoms with E-state index < -0.39 is 0 Å². The second-order valence-corrected chi connectivity index (χ2v) is 5.47. The first kappa shape index (κ1) is 7.84. The van der Waals surface area contributed by atoms with Crippen molar-refractivity contribution >= 4 is 5.91 Å². The fourth-order valence-corrected chi connectivity index (χ4v) is 2.64. The smallest absolute Gasteiger partial charge is 0.223 e. The van der Waals surface area contributed by atoms with E-state index in [1.807, 2.05) is 0 Å². The van der Waals surface area contributed by atoms with E-state index in [1.54, 1.807) is 0 Å². The molecule has 3 rings (SSSR count). The van der Waals surface area contributed by atoms with E-state index in [-0.39, 0.29) is 5.54 Å². The van der Waals surface area contributed by atoms with Gasteiger partial charge in [0, 0.05) is 11.5 Å². The zero-order valence-corrected chi connectivity index (χ0v) is 8.18. The van der Waals surface area contributed by atoms with Gasteiger partial charge in [-0.25, -0.2) is 0 Å². The van der Waals surface area contributed by atoms with Gasteiger partial charge in [0.2, 0.25) is 5.91 Å². The number of hydrogen-bond donors (Lipinski definition) is 1. The SMILES string of the molecule is CC1(NC(=O)C2CC3CC3C2)CC1.